The number of hydrogen-bond acceptors (Lipinski definition) is 2. The average Bonchev–Trinajstić information content (AvgIpc) is 2.47. The maximum atomic E-state index is 5.83. The minimum absolute atomic E-state index is 0.465. The summed E-state index contributed by atoms with van der Waals surface area (Å²) in [7, 11) is 0. The summed E-state index contributed by atoms with van der Waals surface area (Å²) >= 11 is 0. The van der Waals surface area contributed by atoms with E-state index >= 15 is 0 Å². The summed E-state index contributed by atoms with van der Waals surface area (Å²) in [6, 6.07) is 2.10. The van der Waals surface area contributed by atoms with Crippen molar-refractivity contribution in [3.8, 4) is 11.5 Å². The van der Waals surface area contributed by atoms with Crippen molar-refractivity contribution in [2.24, 2.45) is 0 Å². The van der Waals surface area contributed by atoms with Crippen LogP contribution in [0.25, 0.3) is 0 Å². The van der Waals surface area contributed by atoms with Crippen LogP contribution in [0.15, 0.2) is 56.7 Å². The minimum atomic E-state index is 0.465. The van der Waals surface area contributed by atoms with Gasteiger partial charge in [0.1, 0.15) is 24.7 Å². The summed E-state index contributed by atoms with van der Waals surface area (Å²) in [5, 5.41) is 0. The molecule has 2 nitrogen and oxygen atoms in total. The molecule has 2 heteroatoms. The third-order valence-electron chi connectivity index (χ3n) is 3.03. The molecule has 0 aliphatic carbocycles. The lowest BCUT2D eigenvalue weighted by Gasteiger charge is -2.19. The van der Waals surface area contributed by atoms with Crippen molar-refractivity contribution >= 4 is 0 Å². The summed E-state index contributed by atoms with van der Waals surface area (Å²) in [6.45, 7) is 18.0. The standard InChI is InChI=1S/C19H24O2/c1-6-10-16-14-17(11-7-2)19(21-13-9-4)15(5)18(16)20-12-8-3/h6-9,14H,1-4,10-13H2,5H3. The first-order chi connectivity index (χ1) is 10.2. The predicted octanol–water partition coefficient (Wildman–Crippen LogP) is 4.58. The quantitative estimate of drug-likeness (QED) is 0.585. The Kier molecular flexibility index (Phi) is 7.10. The molecule has 0 fully saturated rings. The topological polar surface area (TPSA) is 18.5 Å². The molecule has 0 atom stereocenters. The second-order valence-electron chi connectivity index (χ2n) is 4.66. The Labute approximate surface area is 128 Å². The van der Waals surface area contributed by atoms with Crippen molar-refractivity contribution in [2.75, 3.05) is 13.2 Å². The number of hydrogen-bond donors (Lipinski definition) is 0. The van der Waals surface area contributed by atoms with Crippen LogP contribution in [0, 0.1) is 6.92 Å². The molecule has 0 N–H and O–H groups in total. The fourth-order valence-corrected chi connectivity index (χ4v) is 2.23. The first-order valence-electron chi connectivity index (χ1n) is 7.04. The van der Waals surface area contributed by atoms with Crippen molar-refractivity contribution in [3.63, 3.8) is 0 Å². The first kappa shape index (κ1) is 16.8. The molecule has 0 aliphatic heterocycles. The molecule has 1 rings (SSSR count). The van der Waals surface area contributed by atoms with Gasteiger partial charge in [0.05, 0.1) is 0 Å². The van der Waals surface area contributed by atoms with E-state index in [9.17, 15) is 0 Å². The average molecular weight is 284 g/mol. The lowest BCUT2D eigenvalue weighted by Crippen LogP contribution is -2.06. The molecule has 0 radical (unpaired) electrons. The van der Waals surface area contributed by atoms with Crippen LogP contribution in [0.1, 0.15) is 16.7 Å². The molecule has 0 saturated heterocycles. The van der Waals surface area contributed by atoms with Gasteiger partial charge in [0, 0.05) is 5.56 Å². The molecular formula is C19H24O2. The van der Waals surface area contributed by atoms with Crippen molar-refractivity contribution in [3.05, 3.63) is 73.4 Å². The van der Waals surface area contributed by atoms with Gasteiger partial charge in [0.2, 0.25) is 0 Å². The van der Waals surface area contributed by atoms with E-state index < -0.39 is 0 Å². The maximum Gasteiger partial charge on any atom is 0.129 e. The van der Waals surface area contributed by atoms with Crippen molar-refractivity contribution < 1.29 is 9.47 Å². The van der Waals surface area contributed by atoms with Gasteiger partial charge in [-0.25, -0.2) is 0 Å². The Morgan fingerprint density at radius 2 is 1.24 bits per heavy atom. The molecule has 0 aromatic heterocycles. The summed E-state index contributed by atoms with van der Waals surface area (Å²) in [5.74, 6) is 1.70. The van der Waals surface area contributed by atoms with Crippen LogP contribution in [-0.2, 0) is 12.8 Å². The van der Waals surface area contributed by atoms with Gasteiger partial charge in [-0.05, 0) is 37.0 Å². The molecule has 1 aromatic carbocycles. The van der Waals surface area contributed by atoms with Crippen molar-refractivity contribution in [1.29, 1.82) is 0 Å². The molecular weight excluding hydrogens is 260 g/mol. The minimum Gasteiger partial charge on any atom is -0.489 e. The predicted molar refractivity (Wildman–Crippen MR) is 90.4 cm³/mol. The van der Waals surface area contributed by atoms with Crippen LogP contribution in [0.3, 0.4) is 0 Å². The number of allylic oxidation sites excluding steroid dienone is 2. The summed E-state index contributed by atoms with van der Waals surface area (Å²) < 4.78 is 11.7. The zero-order chi connectivity index (χ0) is 15.7. The monoisotopic (exact) mass is 284 g/mol. The van der Waals surface area contributed by atoms with E-state index in [2.05, 4.69) is 32.4 Å². The highest BCUT2D eigenvalue weighted by Gasteiger charge is 2.16. The van der Waals surface area contributed by atoms with Gasteiger partial charge in [-0.15, -0.1) is 13.2 Å². The summed E-state index contributed by atoms with van der Waals surface area (Å²) in [4.78, 5) is 0. The summed E-state index contributed by atoms with van der Waals surface area (Å²) in [6.07, 6.45) is 8.71. The second kappa shape index (κ2) is 8.85. The zero-order valence-corrected chi connectivity index (χ0v) is 12.9. The lowest BCUT2D eigenvalue weighted by molar-refractivity contribution is 0.336. The van der Waals surface area contributed by atoms with E-state index in [0.29, 0.717) is 13.2 Å². The van der Waals surface area contributed by atoms with Crippen LogP contribution in [0.4, 0.5) is 0 Å². The van der Waals surface area contributed by atoms with Gasteiger partial charge in [-0.2, -0.15) is 0 Å². The van der Waals surface area contributed by atoms with E-state index in [1.54, 1.807) is 12.2 Å². The van der Waals surface area contributed by atoms with E-state index in [1.807, 2.05) is 19.1 Å². The zero-order valence-electron chi connectivity index (χ0n) is 12.9. The fraction of sp³-hybridized carbons (Fsp3) is 0.263. The Bertz CT molecular complexity index is 483. The molecule has 0 bridgehead atoms. The van der Waals surface area contributed by atoms with Gasteiger partial charge < -0.3 is 9.47 Å². The third kappa shape index (κ3) is 4.38. The van der Waals surface area contributed by atoms with Crippen molar-refractivity contribution in [1.82, 2.24) is 0 Å². The second-order valence-corrected chi connectivity index (χ2v) is 4.66. The van der Waals surface area contributed by atoms with E-state index in [-0.39, 0.29) is 0 Å². The lowest BCUT2D eigenvalue weighted by atomic mass is 9.99. The normalized spacial score (nSPS) is 9.76. The molecule has 0 heterocycles. The Morgan fingerprint density at radius 1 is 0.810 bits per heavy atom. The van der Waals surface area contributed by atoms with Crippen LogP contribution in [0.5, 0.6) is 11.5 Å². The molecule has 0 unspecified atom stereocenters. The molecule has 21 heavy (non-hydrogen) atoms. The van der Waals surface area contributed by atoms with Crippen molar-refractivity contribution in [2.45, 2.75) is 19.8 Å². The molecule has 0 aliphatic rings. The molecule has 0 saturated carbocycles. The summed E-state index contributed by atoms with van der Waals surface area (Å²) in [5.41, 5.74) is 3.20. The SMILES string of the molecule is C=CCOc1c(CC=C)cc(CC=C)c(OCC=C)c1C. The van der Waals surface area contributed by atoms with Crippen LogP contribution < -0.4 is 9.47 Å². The highest BCUT2D eigenvalue weighted by Crippen LogP contribution is 2.36. The third-order valence-corrected chi connectivity index (χ3v) is 3.03. The molecule has 112 valence electrons. The van der Waals surface area contributed by atoms with E-state index in [1.165, 1.54) is 0 Å². The smallest absolute Gasteiger partial charge is 0.129 e. The molecule has 0 amide bonds. The van der Waals surface area contributed by atoms with Crippen LogP contribution in [-0.4, -0.2) is 13.2 Å². The van der Waals surface area contributed by atoms with E-state index in [0.717, 1.165) is 41.0 Å². The first-order valence-corrected chi connectivity index (χ1v) is 7.04. The van der Waals surface area contributed by atoms with Gasteiger partial charge in [0.25, 0.3) is 0 Å². The Balaban J connectivity index is 3.36. The van der Waals surface area contributed by atoms with E-state index in [4.69, 9.17) is 9.47 Å². The van der Waals surface area contributed by atoms with Crippen LogP contribution >= 0.6 is 0 Å². The van der Waals surface area contributed by atoms with Gasteiger partial charge in [-0.1, -0.05) is 37.5 Å². The van der Waals surface area contributed by atoms with Crippen LogP contribution in [0.2, 0.25) is 0 Å². The number of benzene rings is 1. The largest absolute Gasteiger partial charge is 0.489 e. The van der Waals surface area contributed by atoms with Gasteiger partial charge >= 0.3 is 0 Å². The molecule has 1 aromatic rings. The number of rotatable bonds is 10. The van der Waals surface area contributed by atoms with Gasteiger partial charge in [-0.3, -0.25) is 0 Å². The Morgan fingerprint density at radius 3 is 1.57 bits per heavy atom. The number of ether oxygens (including phenoxy) is 2. The highest BCUT2D eigenvalue weighted by molar-refractivity contribution is 5.55. The fourth-order valence-electron chi connectivity index (χ4n) is 2.23. The Hall–Kier alpha value is -2.22. The maximum absolute atomic E-state index is 5.83. The van der Waals surface area contributed by atoms with Gasteiger partial charge in [0.15, 0.2) is 0 Å². The highest BCUT2D eigenvalue weighted by atomic mass is 16.5. The molecule has 0 spiro atoms.